The molecule has 6 heteroatoms. The molecule has 0 saturated heterocycles. The van der Waals surface area contributed by atoms with Crippen LogP contribution >= 0.6 is 0 Å². The molecule has 4 nitrogen and oxygen atoms in total. The van der Waals surface area contributed by atoms with Crippen LogP contribution in [0.15, 0.2) is 0 Å². The molecule has 0 rings (SSSR count). The van der Waals surface area contributed by atoms with E-state index >= 15 is 0 Å². The van der Waals surface area contributed by atoms with Crippen LogP contribution in [0.4, 0.5) is 0 Å². The molecule has 0 saturated carbocycles. The summed E-state index contributed by atoms with van der Waals surface area (Å²) in [6, 6.07) is 0. The summed E-state index contributed by atoms with van der Waals surface area (Å²) in [4.78, 5) is 0. The molecule has 140 valence electrons. The van der Waals surface area contributed by atoms with Gasteiger partial charge in [-0.05, 0) is 19.3 Å². The van der Waals surface area contributed by atoms with Gasteiger partial charge in [0.15, 0.2) is 0 Å². The summed E-state index contributed by atoms with van der Waals surface area (Å²) in [6.45, 7) is 4.30. The summed E-state index contributed by atoms with van der Waals surface area (Å²) in [5.74, 6) is 0. The van der Waals surface area contributed by atoms with Crippen LogP contribution in [0.3, 0.4) is 0 Å². The van der Waals surface area contributed by atoms with Gasteiger partial charge < -0.3 is 9.66 Å². The number of rotatable bonds is 16. The summed E-state index contributed by atoms with van der Waals surface area (Å²) >= 11 is 0. The van der Waals surface area contributed by atoms with Crippen molar-refractivity contribution in [2.24, 2.45) is 0 Å². The molecule has 0 amide bonds. The second kappa shape index (κ2) is 17.9. The number of hydrogen-bond acceptors (Lipinski definition) is 4. The van der Waals surface area contributed by atoms with Crippen LogP contribution in [0.2, 0.25) is 0 Å². The van der Waals surface area contributed by atoms with Crippen LogP contribution < -0.4 is 51.4 Å². The third-order valence-corrected chi connectivity index (χ3v) is 5.71. The van der Waals surface area contributed by atoms with Crippen LogP contribution in [0.5, 0.6) is 0 Å². The van der Waals surface area contributed by atoms with Crippen molar-refractivity contribution >= 4 is 10.1 Å². The molecule has 0 spiro atoms. The maximum atomic E-state index is 11.4. The number of unbranched alkanes of at least 4 members (excludes halogenated alkanes) is 9. The summed E-state index contributed by atoms with van der Waals surface area (Å²) in [5.41, 5.74) is 0. The molecular weight excluding hydrogens is 351 g/mol. The molecule has 0 fully saturated rings. The second-order valence-electron chi connectivity index (χ2n) is 6.76. The van der Waals surface area contributed by atoms with Gasteiger partial charge in [-0.25, -0.2) is 8.42 Å². The fourth-order valence-electron chi connectivity index (χ4n) is 2.94. The van der Waals surface area contributed by atoms with Crippen molar-refractivity contribution in [1.82, 2.24) is 0 Å². The molecule has 0 aromatic carbocycles. The van der Waals surface area contributed by atoms with Crippen molar-refractivity contribution in [1.29, 1.82) is 0 Å². The van der Waals surface area contributed by atoms with Gasteiger partial charge in [-0.1, -0.05) is 84.5 Å². The Morgan fingerprint density at radius 2 is 1.21 bits per heavy atom. The van der Waals surface area contributed by atoms with E-state index in [2.05, 4.69) is 13.8 Å². The van der Waals surface area contributed by atoms with Crippen LogP contribution in [0.1, 0.15) is 104 Å². The Hall–Kier alpha value is 1.51. The zero-order valence-electron chi connectivity index (χ0n) is 16.1. The van der Waals surface area contributed by atoms with Crippen LogP contribution in [0.25, 0.3) is 0 Å². The fraction of sp³-hybridized carbons (Fsp3) is 1.00. The quantitative estimate of drug-likeness (QED) is 0.248. The summed E-state index contributed by atoms with van der Waals surface area (Å²) in [6.07, 6.45) is 12.4. The van der Waals surface area contributed by atoms with Crippen molar-refractivity contribution in [2.45, 2.75) is 115 Å². The van der Waals surface area contributed by atoms with Crippen molar-refractivity contribution in [2.75, 3.05) is 0 Å². The Kier molecular flexibility index (Phi) is 20.7. The van der Waals surface area contributed by atoms with Gasteiger partial charge in [0.05, 0.1) is 21.5 Å². The molecule has 0 radical (unpaired) electrons. The smallest absolute Gasteiger partial charge is 0.748 e. The zero-order chi connectivity index (χ0) is 17.6. The molecule has 0 aromatic rings. The number of aliphatic hydroxyl groups is 1. The van der Waals surface area contributed by atoms with E-state index in [4.69, 9.17) is 0 Å². The average Bonchev–Trinajstić information content (AvgIpc) is 2.48. The Bertz CT molecular complexity index is 360. The van der Waals surface area contributed by atoms with E-state index in [1.54, 1.807) is 0 Å². The third kappa shape index (κ3) is 16.9. The molecule has 24 heavy (non-hydrogen) atoms. The van der Waals surface area contributed by atoms with Gasteiger partial charge in [0, 0.05) is 0 Å². The Labute approximate surface area is 192 Å². The largest absolute Gasteiger partial charge is 1.00 e. The molecule has 0 aliphatic carbocycles. The van der Waals surface area contributed by atoms with Gasteiger partial charge in [-0.15, -0.1) is 0 Å². The number of aliphatic hydroxyl groups excluding tert-OH is 1. The molecule has 2 atom stereocenters. The molecule has 2 unspecified atom stereocenters. The van der Waals surface area contributed by atoms with E-state index in [1.807, 2.05) is 0 Å². The van der Waals surface area contributed by atoms with E-state index in [9.17, 15) is 18.1 Å². The van der Waals surface area contributed by atoms with E-state index in [1.165, 1.54) is 25.7 Å². The minimum atomic E-state index is -4.31. The maximum Gasteiger partial charge on any atom is 1.00 e. The van der Waals surface area contributed by atoms with Crippen LogP contribution in [-0.4, -0.2) is 29.4 Å². The summed E-state index contributed by atoms with van der Waals surface area (Å²) < 4.78 is 34.1. The van der Waals surface area contributed by atoms with E-state index < -0.39 is 21.5 Å². The minimum Gasteiger partial charge on any atom is -0.748 e. The molecule has 0 bridgehead atoms. The normalized spacial score (nSPS) is 14.2. The van der Waals surface area contributed by atoms with Crippen LogP contribution in [-0.2, 0) is 10.1 Å². The zero-order valence-corrected chi connectivity index (χ0v) is 20.1. The van der Waals surface area contributed by atoms with Crippen molar-refractivity contribution < 1.29 is 69.5 Å². The molecule has 0 aromatic heterocycles. The first-order chi connectivity index (χ1) is 10.9. The summed E-state index contributed by atoms with van der Waals surface area (Å²) in [5, 5.41) is 9.11. The first-order valence-electron chi connectivity index (χ1n) is 9.54. The molecule has 0 heterocycles. The van der Waals surface area contributed by atoms with Crippen molar-refractivity contribution in [3.8, 4) is 0 Å². The first-order valence-corrected chi connectivity index (χ1v) is 11.0. The molecule has 1 N–H and O–H groups in total. The molecule has 0 aliphatic heterocycles. The predicted molar refractivity (Wildman–Crippen MR) is 95.5 cm³/mol. The van der Waals surface area contributed by atoms with Gasteiger partial charge in [-0.3, -0.25) is 0 Å². The van der Waals surface area contributed by atoms with Gasteiger partial charge in [0.1, 0.15) is 0 Å². The molecular formula is C18H37KO4S. The van der Waals surface area contributed by atoms with E-state index in [0.29, 0.717) is 12.8 Å². The number of hydrogen-bond donors (Lipinski definition) is 1. The second-order valence-corrected chi connectivity index (χ2v) is 8.42. The standard InChI is InChI=1S/C18H38O4S.K/c1-3-5-7-9-11-12-14-17(19)16-18(23(20,21)22)15-13-10-8-6-4-2;/h17-19H,3-16H2,1-2H3,(H,20,21,22);/q;+1/p-1. The van der Waals surface area contributed by atoms with E-state index in [0.717, 1.165) is 44.9 Å². The predicted octanol–water partition coefficient (Wildman–Crippen LogP) is 1.77. The van der Waals surface area contributed by atoms with Gasteiger partial charge >= 0.3 is 51.4 Å². The van der Waals surface area contributed by atoms with Gasteiger partial charge in [-0.2, -0.15) is 0 Å². The fourth-order valence-corrected chi connectivity index (χ4v) is 3.85. The van der Waals surface area contributed by atoms with E-state index in [-0.39, 0.29) is 57.8 Å². The van der Waals surface area contributed by atoms with Crippen molar-refractivity contribution in [3.63, 3.8) is 0 Å². The topological polar surface area (TPSA) is 77.4 Å². The Morgan fingerprint density at radius 1 is 0.792 bits per heavy atom. The van der Waals surface area contributed by atoms with Gasteiger partial charge in [0.2, 0.25) is 0 Å². The van der Waals surface area contributed by atoms with Crippen molar-refractivity contribution in [3.05, 3.63) is 0 Å². The average molecular weight is 389 g/mol. The SMILES string of the molecule is CCCCCCCCC(O)CC(CCCCCCC)S(=O)(=O)[O-].[K+]. The van der Waals surface area contributed by atoms with Crippen LogP contribution in [0, 0.1) is 0 Å². The Morgan fingerprint density at radius 3 is 1.67 bits per heavy atom. The third-order valence-electron chi connectivity index (χ3n) is 4.46. The molecule has 0 aliphatic rings. The Balaban J connectivity index is 0. The first kappa shape index (κ1) is 27.7. The summed E-state index contributed by atoms with van der Waals surface area (Å²) in [7, 11) is -4.31. The van der Waals surface area contributed by atoms with Gasteiger partial charge in [0.25, 0.3) is 0 Å². The monoisotopic (exact) mass is 388 g/mol. The maximum absolute atomic E-state index is 11.4. The minimum absolute atomic E-state index is 0.